The predicted octanol–water partition coefficient (Wildman–Crippen LogP) is 2.56. The van der Waals surface area contributed by atoms with Crippen molar-refractivity contribution in [3.05, 3.63) is 23.7 Å². The minimum Gasteiger partial charge on any atom is -0.389 e. The van der Waals surface area contributed by atoms with Gasteiger partial charge in [-0.15, -0.1) is 0 Å². The van der Waals surface area contributed by atoms with Gasteiger partial charge in [-0.05, 0) is 20.8 Å². The lowest BCUT2D eigenvalue weighted by atomic mass is 10.1. The maximum Gasteiger partial charge on any atom is 0.421 e. The van der Waals surface area contributed by atoms with Gasteiger partial charge < -0.3 is 15.7 Å². The van der Waals surface area contributed by atoms with E-state index in [0.29, 0.717) is 11.4 Å². The van der Waals surface area contributed by atoms with Crippen LogP contribution in [0.1, 0.15) is 25.1 Å². The Bertz CT molecular complexity index is 720. The molecule has 0 aromatic carbocycles. The maximum atomic E-state index is 12.8. The van der Waals surface area contributed by atoms with Gasteiger partial charge in [-0.25, -0.2) is 4.98 Å². The monoisotopic (exact) mass is 344 g/mol. The predicted molar refractivity (Wildman–Crippen MR) is 83.1 cm³/mol. The molecule has 2 rings (SSSR count). The summed E-state index contributed by atoms with van der Waals surface area (Å²) in [4.78, 5) is 7.54. The summed E-state index contributed by atoms with van der Waals surface area (Å²) in [7, 11) is 1.36. The number of aryl methyl sites for hydroxylation is 1. The SMILES string of the molecule is CNc1nc(Nc2cn(CC(C)(C)O)nc2C)ncc1C(F)(F)F. The molecular formula is C14H19F3N6O. The van der Waals surface area contributed by atoms with Gasteiger partial charge in [-0.3, -0.25) is 4.68 Å². The van der Waals surface area contributed by atoms with Crippen molar-refractivity contribution in [2.24, 2.45) is 0 Å². The summed E-state index contributed by atoms with van der Waals surface area (Å²) in [5, 5.41) is 19.3. The fourth-order valence-corrected chi connectivity index (χ4v) is 2.08. The summed E-state index contributed by atoms with van der Waals surface area (Å²) >= 11 is 0. The van der Waals surface area contributed by atoms with E-state index in [1.165, 1.54) is 7.05 Å². The molecule has 0 spiro atoms. The zero-order valence-electron chi connectivity index (χ0n) is 13.7. The molecule has 0 radical (unpaired) electrons. The van der Waals surface area contributed by atoms with Crippen molar-refractivity contribution >= 4 is 17.5 Å². The summed E-state index contributed by atoms with van der Waals surface area (Å²) in [5.41, 5.74) is -0.736. The van der Waals surface area contributed by atoms with Gasteiger partial charge in [0.2, 0.25) is 5.95 Å². The van der Waals surface area contributed by atoms with Gasteiger partial charge in [0, 0.05) is 19.4 Å². The third-order valence-electron chi connectivity index (χ3n) is 3.07. The van der Waals surface area contributed by atoms with Crippen LogP contribution in [-0.2, 0) is 12.7 Å². The van der Waals surface area contributed by atoms with Crippen molar-refractivity contribution in [1.82, 2.24) is 19.7 Å². The highest BCUT2D eigenvalue weighted by Crippen LogP contribution is 2.33. The first-order valence-electron chi connectivity index (χ1n) is 7.15. The zero-order valence-corrected chi connectivity index (χ0v) is 13.7. The molecule has 10 heteroatoms. The van der Waals surface area contributed by atoms with Gasteiger partial charge >= 0.3 is 6.18 Å². The molecule has 0 saturated carbocycles. The fraction of sp³-hybridized carbons (Fsp3) is 0.500. The fourth-order valence-electron chi connectivity index (χ4n) is 2.08. The Hall–Kier alpha value is -2.36. The number of aliphatic hydroxyl groups is 1. The number of aromatic nitrogens is 4. The Balaban J connectivity index is 2.26. The van der Waals surface area contributed by atoms with Crippen LogP contribution in [0.2, 0.25) is 0 Å². The second kappa shape index (κ2) is 6.27. The van der Waals surface area contributed by atoms with Crippen molar-refractivity contribution in [2.75, 3.05) is 17.7 Å². The molecule has 24 heavy (non-hydrogen) atoms. The van der Waals surface area contributed by atoms with Crippen LogP contribution in [-0.4, -0.2) is 37.5 Å². The normalized spacial score (nSPS) is 12.3. The van der Waals surface area contributed by atoms with Crippen molar-refractivity contribution in [2.45, 2.75) is 39.1 Å². The van der Waals surface area contributed by atoms with E-state index >= 15 is 0 Å². The van der Waals surface area contributed by atoms with Crippen molar-refractivity contribution < 1.29 is 18.3 Å². The maximum absolute atomic E-state index is 12.8. The van der Waals surface area contributed by atoms with E-state index in [0.717, 1.165) is 6.20 Å². The van der Waals surface area contributed by atoms with Crippen LogP contribution < -0.4 is 10.6 Å². The number of hydrogen-bond donors (Lipinski definition) is 3. The van der Waals surface area contributed by atoms with Crippen LogP contribution in [0, 0.1) is 6.92 Å². The summed E-state index contributed by atoms with van der Waals surface area (Å²) in [5.74, 6) is -0.306. The Morgan fingerprint density at radius 1 is 1.29 bits per heavy atom. The van der Waals surface area contributed by atoms with E-state index in [4.69, 9.17) is 0 Å². The molecule has 0 unspecified atom stereocenters. The molecule has 2 aromatic rings. The number of anilines is 3. The molecule has 7 nitrogen and oxygen atoms in total. The van der Waals surface area contributed by atoms with E-state index in [-0.39, 0.29) is 18.3 Å². The van der Waals surface area contributed by atoms with E-state index in [2.05, 4.69) is 25.7 Å². The third kappa shape index (κ3) is 4.34. The number of nitrogens with zero attached hydrogens (tertiary/aromatic N) is 4. The minimum absolute atomic E-state index is 0.0123. The molecule has 0 atom stereocenters. The highest BCUT2D eigenvalue weighted by atomic mass is 19.4. The van der Waals surface area contributed by atoms with Crippen LogP contribution >= 0.6 is 0 Å². The highest BCUT2D eigenvalue weighted by molar-refractivity contribution is 5.57. The average Bonchev–Trinajstić information content (AvgIpc) is 2.75. The molecule has 0 fully saturated rings. The van der Waals surface area contributed by atoms with Gasteiger partial charge in [0.1, 0.15) is 11.4 Å². The lowest BCUT2D eigenvalue weighted by Crippen LogP contribution is -2.26. The first-order chi connectivity index (χ1) is 11.0. The Labute approximate surface area is 136 Å². The number of rotatable bonds is 5. The first kappa shape index (κ1) is 18.0. The molecule has 0 aliphatic heterocycles. The summed E-state index contributed by atoms with van der Waals surface area (Å²) < 4.78 is 40.1. The van der Waals surface area contributed by atoms with Crippen molar-refractivity contribution in [3.63, 3.8) is 0 Å². The van der Waals surface area contributed by atoms with E-state index in [1.54, 1.807) is 31.6 Å². The Morgan fingerprint density at radius 2 is 1.96 bits per heavy atom. The number of halogens is 3. The first-order valence-corrected chi connectivity index (χ1v) is 7.15. The van der Waals surface area contributed by atoms with Gasteiger partial charge in [-0.1, -0.05) is 0 Å². The van der Waals surface area contributed by atoms with E-state index in [9.17, 15) is 18.3 Å². The molecule has 132 valence electrons. The summed E-state index contributed by atoms with van der Waals surface area (Å²) in [6.07, 6.45) is -2.19. The quantitative estimate of drug-likeness (QED) is 0.773. The molecular weight excluding hydrogens is 325 g/mol. The van der Waals surface area contributed by atoms with Crippen molar-refractivity contribution in [1.29, 1.82) is 0 Å². The molecule has 3 N–H and O–H groups in total. The lowest BCUT2D eigenvalue weighted by molar-refractivity contribution is -0.137. The molecule has 0 saturated heterocycles. The van der Waals surface area contributed by atoms with Crippen LogP contribution in [0.4, 0.5) is 30.6 Å². The van der Waals surface area contributed by atoms with Crippen LogP contribution in [0.3, 0.4) is 0 Å². The lowest BCUT2D eigenvalue weighted by Gasteiger charge is -2.16. The number of hydrogen-bond acceptors (Lipinski definition) is 6. The van der Waals surface area contributed by atoms with Gasteiger partial charge in [0.15, 0.2) is 0 Å². The van der Waals surface area contributed by atoms with Crippen LogP contribution in [0.5, 0.6) is 0 Å². The van der Waals surface area contributed by atoms with Gasteiger partial charge in [0.05, 0.1) is 23.5 Å². The van der Waals surface area contributed by atoms with Crippen LogP contribution in [0.15, 0.2) is 12.4 Å². The summed E-state index contributed by atoms with van der Waals surface area (Å²) in [6, 6.07) is 0. The molecule has 2 aromatic heterocycles. The number of alkyl halides is 3. The Kier molecular flexibility index (Phi) is 4.70. The smallest absolute Gasteiger partial charge is 0.389 e. The minimum atomic E-state index is -4.54. The highest BCUT2D eigenvalue weighted by Gasteiger charge is 2.35. The average molecular weight is 344 g/mol. The topological polar surface area (TPSA) is 87.9 Å². The van der Waals surface area contributed by atoms with Gasteiger partial charge in [-0.2, -0.15) is 23.3 Å². The van der Waals surface area contributed by atoms with Crippen molar-refractivity contribution in [3.8, 4) is 0 Å². The molecule has 2 heterocycles. The summed E-state index contributed by atoms with van der Waals surface area (Å²) in [6.45, 7) is 5.29. The van der Waals surface area contributed by atoms with Gasteiger partial charge in [0.25, 0.3) is 0 Å². The second-order valence-corrected chi connectivity index (χ2v) is 5.97. The largest absolute Gasteiger partial charge is 0.421 e. The van der Waals surface area contributed by atoms with E-state index in [1.807, 2.05) is 0 Å². The van der Waals surface area contributed by atoms with E-state index < -0.39 is 17.3 Å². The number of nitrogens with one attached hydrogen (secondary N) is 2. The standard InChI is InChI=1S/C14H19F3N6O/c1-8-10(6-23(22-8)7-13(2,3)24)20-12-19-5-9(14(15,16)17)11(18-4)21-12/h5-6,24H,7H2,1-4H3,(H2,18,19,20,21). The molecule has 0 bridgehead atoms. The zero-order chi connectivity index (χ0) is 18.1. The molecule has 0 aliphatic rings. The molecule has 0 aliphatic carbocycles. The Morgan fingerprint density at radius 3 is 2.50 bits per heavy atom. The second-order valence-electron chi connectivity index (χ2n) is 5.97. The van der Waals surface area contributed by atoms with Crippen LogP contribution in [0.25, 0.3) is 0 Å². The molecule has 0 amide bonds. The third-order valence-corrected chi connectivity index (χ3v) is 3.07.